The largest absolute Gasteiger partial charge is 0.466 e. The lowest BCUT2D eigenvalue weighted by molar-refractivity contribution is 0.0474. The minimum absolute atomic E-state index is 0.0847. The highest BCUT2D eigenvalue weighted by atomic mass is 35.5. The first-order valence-corrected chi connectivity index (χ1v) is 9.94. The van der Waals surface area contributed by atoms with Gasteiger partial charge >= 0.3 is 5.97 Å². The second kappa shape index (κ2) is 7.91. The van der Waals surface area contributed by atoms with Crippen LogP contribution in [-0.2, 0) is 11.3 Å². The second-order valence-electron chi connectivity index (χ2n) is 7.37. The fourth-order valence-corrected chi connectivity index (χ4v) is 3.42. The van der Waals surface area contributed by atoms with Gasteiger partial charge in [0.1, 0.15) is 23.3 Å². The zero-order valence-electron chi connectivity index (χ0n) is 17.1. The van der Waals surface area contributed by atoms with Crippen molar-refractivity contribution in [1.82, 2.24) is 19.7 Å². The summed E-state index contributed by atoms with van der Waals surface area (Å²) >= 11 is 5.81. The van der Waals surface area contributed by atoms with Gasteiger partial charge in [0.05, 0.1) is 22.8 Å². The molecule has 8 heteroatoms. The molecule has 0 radical (unpaired) electrons. The number of halogens is 1. The monoisotopic (exact) mass is 424 g/mol. The van der Waals surface area contributed by atoms with Crippen molar-refractivity contribution < 1.29 is 13.9 Å². The van der Waals surface area contributed by atoms with E-state index in [9.17, 15) is 4.79 Å². The van der Waals surface area contributed by atoms with Gasteiger partial charge in [0.15, 0.2) is 5.65 Å². The summed E-state index contributed by atoms with van der Waals surface area (Å²) in [4.78, 5) is 21.8. The van der Waals surface area contributed by atoms with Crippen LogP contribution >= 0.6 is 11.6 Å². The van der Waals surface area contributed by atoms with Crippen molar-refractivity contribution >= 4 is 28.6 Å². The van der Waals surface area contributed by atoms with Crippen LogP contribution in [0.3, 0.4) is 0 Å². The Kier molecular flexibility index (Phi) is 5.30. The maximum Gasteiger partial charge on any atom is 0.339 e. The molecule has 4 heterocycles. The van der Waals surface area contributed by atoms with Crippen LogP contribution < -0.4 is 0 Å². The third-order valence-electron chi connectivity index (χ3n) is 4.75. The minimum atomic E-state index is -0.459. The number of fused-ring (bicyclic) bond motifs is 1. The van der Waals surface area contributed by atoms with Crippen LogP contribution in [0.1, 0.15) is 47.3 Å². The van der Waals surface area contributed by atoms with Gasteiger partial charge in [-0.2, -0.15) is 5.10 Å². The number of pyridine rings is 2. The Morgan fingerprint density at radius 2 is 2.03 bits per heavy atom. The molecule has 0 aromatic carbocycles. The van der Waals surface area contributed by atoms with E-state index in [1.54, 1.807) is 35.3 Å². The van der Waals surface area contributed by atoms with E-state index in [-0.39, 0.29) is 12.6 Å². The summed E-state index contributed by atoms with van der Waals surface area (Å²) in [6, 6.07) is 7.15. The smallest absolute Gasteiger partial charge is 0.339 e. The van der Waals surface area contributed by atoms with Crippen LogP contribution in [0.25, 0.3) is 22.3 Å². The molecule has 0 amide bonds. The van der Waals surface area contributed by atoms with E-state index >= 15 is 0 Å². The molecule has 0 unspecified atom stereocenters. The van der Waals surface area contributed by atoms with Gasteiger partial charge in [-0.15, -0.1) is 0 Å². The van der Waals surface area contributed by atoms with Crippen LogP contribution in [0.2, 0.25) is 5.15 Å². The molecular formula is C22H21ClN4O3. The maximum absolute atomic E-state index is 13.0. The Morgan fingerprint density at radius 1 is 1.23 bits per heavy atom. The van der Waals surface area contributed by atoms with E-state index in [0.717, 1.165) is 22.6 Å². The van der Waals surface area contributed by atoms with Crippen LogP contribution in [0, 0.1) is 13.8 Å². The number of hydrogen-bond acceptors (Lipinski definition) is 6. The molecule has 0 aliphatic carbocycles. The lowest BCUT2D eigenvalue weighted by atomic mass is 10.1. The number of aryl methyl sites for hydroxylation is 2. The minimum Gasteiger partial charge on any atom is -0.466 e. The molecule has 0 fully saturated rings. The Bertz CT molecular complexity index is 1230. The molecule has 0 bridgehead atoms. The predicted octanol–water partition coefficient (Wildman–Crippen LogP) is 5.29. The van der Waals surface area contributed by atoms with Crippen molar-refractivity contribution in [3.63, 3.8) is 0 Å². The molecule has 0 saturated carbocycles. The molecule has 7 nitrogen and oxygen atoms in total. The highest BCUT2D eigenvalue weighted by molar-refractivity contribution is 6.29. The number of carbonyl (C=O) groups excluding carboxylic acids is 1. The predicted molar refractivity (Wildman–Crippen MR) is 113 cm³/mol. The zero-order chi connectivity index (χ0) is 21.4. The average molecular weight is 425 g/mol. The lowest BCUT2D eigenvalue weighted by Gasteiger charge is -2.10. The lowest BCUT2D eigenvalue weighted by Crippen LogP contribution is -2.08. The van der Waals surface area contributed by atoms with Gasteiger partial charge < -0.3 is 9.15 Å². The zero-order valence-corrected chi connectivity index (χ0v) is 17.9. The second-order valence-corrected chi connectivity index (χ2v) is 7.75. The van der Waals surface area contributed by atoms with Gasteiger partial charge in [-0.1, -0.05) is 17.7 Å². The van der Waals surface area contributed by atoms with Crippen molar-refractivity contribution in [1.29, 1.82) is 0 Å². The van der Waals surface area contributed by atoms with Gasteiger partial charge in [-0.25, -0.2) is 19.4 Å². The fourth-order valence-electron chi connectivity index (χ4n) is 3.31. The van der Waals surface area contributed by atoms with Crippen molar-refractivity contribution in [3.8, 4) is 11.3 Å². The Labute approximate surface area is 178 Å². The van der Waals surface area contributed by atoms with Crippen molar-refractivity contribution in [3.05, 3.63) is 64.5 Å². The first-order valence-electron chi connectivity index (χ1n) is 9.56. The number of ether oxygens (including phenoxy) is 1. The quantitative estimate of drug-likeness (QED) is 0.319. The van der Waals surface area contributed by atoms with Crippen LogP contribution in [0.4, 0.5) is 0 Å². The normalized spacial score (nSPS) is 11.4. The van der Waals surface area contributed by atoms with Crippen LogP contribution in [0.5, 0.6) is 0 Å². The average Bonchev–Trinajstić information content (AvgIpc) is 3.29. The summed E-state index contributed by atoms with van der Waals surface area (Å²) < 4.78 is 13.0. The number of hydrogen-bond donors (Lipinski definition) is 0. The Morgan fingerprint density at radius 3 is 2.67 bits per heavy atom. The summed E-state index contributed by atoms with van der Waals surface area (Å²) in [7, 11) is 0. The maximum atomic E-state index is 13.0. The first-order chi connectivity index (χ1) is 14.3. The molecule has 0 aliphatic heterocycles. The van der Waals surface area contributed by atoms with E-state index in [0.29, 0.717) is 27.4 Å². The van der Waals surface area contributed by atoms with E-state index in [2.05, 4.69) is 10.1 Å². The summed E-state index contributed by atoms with van der Waals surface area (Å²) in [5.41, 5.74) is 3.25. The number of rotatable bonds is 5. The molecule has 4 rings (SSSR count). The van der Waals surface area contributed by atoms with Crippen molar-refractivity contribution in [2.24, 2.45) is 0 Å². The molecule has 0 aliphatic rings. The molecule has 4 aromatic heterocycles. The fraction of sp³-hybridized carbons (Fsp3) is 0.273. The molecule has 0 atom stereocenters. The van der Waals surface area contributed by atoms with E-state index in [4.69, 9.17) is 25.7 Å². The van der Waals surface area contributed by atoms with Crippen molar-refractivity contribution in [2.75, 3.05) is 0 Å². The first kappa shape index (κ1) is 20.1. The van der Waals surface area contributed by atoms with E-state index in [1.165, 1.54) is 0 Å². The van der Waals surface area contributed by atoms with E-state index in [1.807, 2.05) is 33.8 Å². The van der Waals surface area contributed by atoms with Crippen molar-refractivity contribution in [2.45, 2.75) is 40.3 Å². The van der Waals surface area contributed by atoms with Gasteiger partial charge in [0, 0.05) is 23.4 Å². The van der Waals surface area contributed by atoms with Gasteiger partial charge in [0.2, 0.25) is 0 Å². The number of aromatic nitrogens is 4. The third kappa shape index (κ3) is 3.80. The Balaban J connectivity index is 1.76. The summed E-state index contributed by atoms with van der Waals surface area (Å²) in [6.45, 7) is 7.87. The van der Waals surface area contributed by atoms with Crippen LogP contribution in [0.15, 0.2) is 41.1 Å². The number of nitrogens with zero attached hydrogens (tertiary/aromatic N) is 4. The van der Waals surface area contributed by atoms with Gasteiger partial charge in [-0.3, -0.25) is 0 Å². The summed E-state index contributed by atoms with van der Waals surface area (Å²) in [5, 5.41) is 5.46. The molecule has 4 aromatic rings. The van der Waals surface area contributed by atoms with E-state index < -0.39 is 5.97 Å². The van der Waals surface area contributed by atoms with Crippen LogP contribution in [-0.4, -0.2) is 25.7 Å². The number of esters is 1. The topological polar surface area (TPSA) is 83.0 Å². The molecule has 154 valence electrons. The molecule has 30 heavy (non-hydrogen) atoms. The SMILES string of the molecule is Cc1cc(-c2cc(C(=O)OCc3ccc(Cl)nc3)c3cnn(C(C)C)c3n2)c(C)o1. The Hall–Kier alpha value is -3.19. The third-order valence-corrected chi connectivity index (χ3v) is 4.97. The molecule has 0 N–H and O–H groups in total. The number of furan rings is 1. The highest BCUT2D eigenvalue weighted by Crippen LogP contribution is 2.30. The molecule has 0 saturated heterocycles. The highest BCUT2D eigenvalue weighted by Gasteiger charge is 2.21. The summed E-state index contributed by atoms with van der Waals surface area (Å²) in [5.74, 6) is 1.06. The number of carbonyl (C=O) groups is 1. The van der Waals surface area contributed by atoms with Gasteiger partial charge in [0.25, 0.3) is 0 Å². The molecule has 0 spiro atoms. The molecular weight excluding hydrogens is 404 g/mol. The standard InChI is InChI=1S/C22H21ClN4O3/c1-12(2)27-21-18(10-25-27)17(8-19(26-21)16-7-13(3)30-14(16)4)22(28)29-11-15-5-6-20(23)24-9-15/h5-10,12H,11H2,1-4H3. The van der Waals surface area contributed by atoms with Gasteiger partial charge in [-0.05, 0) is 45.9 Å². The summed E-state index contributed by atoms with van der Waals surface area (Å²) in [6.07, 6.45) is 3.23.